The zero-order valence-electron chi connectivity index (χ0n) is 17.1. The Hall–Kier alpha value is -2.18. The molecule has 0 amide bonds. The van der Waals surface area contributed by atoms with Crippen LogP contribution in [-0.4, -0.2) is 33.8 Å². The zero-order chi connectivity index (χ0) is 20.3. The smallest absolute Gasteiger partial charge is 0.196 e. The number of hydrogen-bond acceptors (Lipinski definition) is 4. The minimum atomic E-state index is -0.251. The second kappa shape index (κ2) is 8.88. The Kier molecular flexibility index (Phi) is 6.52. The molecule has 0 saturated heterocycles. The highest BCUT2D eigenvalue weighted by atomic mass is 32.2. The Bertz CT molecular complexity index is 901. The Morgan fingerprint density at radius 2 is 1.61 bits per heavy atom. The average Bonchev–Trinajstić information content (AvgIpc) is 3.10. The van der Waals surface area contributed by atoms with Crippen LogP contribution in [0.2, 0.25) is 0 Å². The van der Waals surface area contributed by atoms with Crippen LogP contribution in [0.4, 0.5) is 4.39 Å². The van der Waals surface area contributed by atoms with Gasteiger partial charge in [-0.25, -0.2) is 4.39 Å². The first-order chi connectivity index (χ1) is 13.4. The van der Waals surface area contributed by atoms with E-state index < -0.39 is 0 Å². The second-order valence-corrected chi connectivity index (χ2v) is 8.42. The second-order valence-electron chi connectivity index (χ2n) is 7.48. The zero-order valence-corrected chi connectivity index (χ0v) is 17.9. The van der Waals surface area contributed by atoms with Gasteiger partial charge in [0.05, 0.1) is 6.04 Å². The Labute approximate surface area is 170 Å². The molecule has 2 aromatic carbocycles. The third-order valence-electron chi connectivity index (χ3n) is 4.91. The van der Waals surface area contributed by atoms with E-state index in [2.05, 4.69) is 60.1 Å². The number of thioether (sulfide) groups is 1. The summed E-state index contributed by atoms with van der Waals surface area (Å²) in [5.74, 6) is 1.92. The summed E-state index contributed by atoms with van der Waals surface area (Å²) in [4.78, 5) is 2.09. The summed E-state index contributed by atoms with van der Waals surface area (Å²) in [7, 11) is 4.02. The number of benzene rings is 2. The fourth-order valence-electron chi connectivity index (χ4n) is 2.86. The molecule has 1 aromatic heterocycles. The van der Waals surface area contributed by atoms with Crippen LogP contribution in [0.1, 0.15) is 49.7 Å². The number of hydrogen-bond donors (Lipinski definition) is 0. The summed E-state index contributed by atoms with van der Waals surface area (Å²) in [6.07, 6.45) is 0. The maximum absolute atomic E-state index is 13.4. The lowest BCUT2D eigenvalue weighted by Crippen LogP contribution is -2.20. The van der Waals surface area contributed by atoms with Crippen molar-refractivity contribution in [3.05, 3.63) is 71.3 Å². The van der Waals surface area contributed by atoms with E-state index in [0.29, 0.717) is 5.92 Å². The lowest BCUT2D eigenvalue weighted by Gasteiger charge is -2.20. The van der Waals surface area contributed by atoms with Crippen LogP contribution in [0.3, 0.4) is 0 Å². The van der Waals surface area contributed by atoms with Gasteiger partial charge in [0.15, 0.2) is 11.0 Å². The van der Waals surface area contributed by atoms with Crippen molar-refractivity contribution in [3.8, 4) is 5.69 Å². The van der Waals surface area contributed by atoms with Crippen molar-refractivity contribution in [2.75, 3.05) is 14.1 Å². The van der Waals surface area contributed by atoms with Crippen molar-refractivity contribution >= 4 is 11.8 Å². The largest absolute Gasteiger partial charge is 0.300 e. The topological polar surface area (TPSA) is 34.0 Å². The third-order valence-corrected chi connectivity index (χ3v) is 5.91. The molecule has 0 fully saturated rings. The minimum absolute atomic E-state index is 0.0808. The summed E-state index contributed by atoms with van der Waals surface area (Å²) in [5, 5.41) is 9.69. The van der Waals surface area contributed by atoms with Crippen molar-refractivity contribution in [1.82, 2.24) is 19.7 Å². The van der Waals surface area contributed by atoms with E-state index in [0.717, 1.165) is 22.4 Å². The number of halogens is 1. The number of aromatic nitrogens is 3. The van der Waals surface area contributed by atoms with Crippen molar-refractivity contribution < 1.29 is 4.39 Å². The molecule has 148 valence electrons. The van der Waals surface area contributed by atoms with E-state index in [-0.39, 0.29) is 11.9 Å². The standard InChI is InChI=1S/C22H27FN4S/c1-15(2)18-8-6-17(7-9-18)14-28-22-25-24-21(16(3)26(4)5)27(22)20-12-10-19(23)11-13-20/h6-13,15-16H,14H2,1-5H3/t16-/m1/s1. The quantitative estimate of drug-likeness (QED) is 0.496. The molecule has 0 aliphatic heterocycles. The van der Waals surface area contributed by atoms with Gasteiger partial charge in [0, 0.05) is 11.4 Å². The fraction of sp³-hybridized carbons (Fsp3) is 0.364. The summed E-state index contributed by atoms with van der Waals surface area (Å²) in [6.45, 7) is 6.48. The molecular formula is C22H27FN4S. The van der Waals surface area contributed by atoms with Gasteiger partial charge in [0.2, 0.25) is 0 Å². The van der Waals surface area contributed by atoms with E-state index in [1.807, 2.05) is 18.7 Å². The van der Waals surface area contributed by atoms with Gasteiger partial charge in [0.1, 0.15) is 5.82 Å². The summed E-state index contributed by atoms with van der Waals surface area (Å²) in [6, 6.07) is 15.3. The Morgan fingerprint density at radius 1 is 0.964 bits per heavy atom. The molecule has 28 heavy (non-hydrogen) atoms. The Morgan fingerprint density at radius 3 is 2.18 bits per heavy atom. The molecule has 6 heteroatoms. The molecule has 0 N–H and O–H groups in total. The normalized spacial score (nSPS) is 12.7. The van der Waals surface area contributed by atoms with Crippen molar-refractivity contribution in [2.24, 2.45) is 0 Å². The van der Waals surface area contributed by atoms with E-state index in [1.54, 1.807) is 23.9 Å². The van der Waals surface area contributed by atoms with Gasteiger partial charge in [-0.1, -0.05) is 49.9 Å². The molecule has 0 spiro atoms. The third kappa shape index (κ3) is 4.62. The monoisotopic (exact) mass is 398 g/mol. The predicted molar refractivity (Wildman–Crippen MR) is 114 cm³/mol. The van der Waals surface area contributed by atoms with E-state index in [9.17, 15) is 4.39 Å². The van der Waals surface area contributed by atoms with Gasteiger partial charge in [-0.05, 0) is 62.3 Å². The molecule has 1 heterocycles. The molecule has 0 aliphatic carbocycles. The molecule has 0 bridgehead atoms. The van der Waals surface area contributed by atoms with E-state index in [4.69, 9.17) is 0 Å². The van der Waals surface area contributed by atoms with Gasteiger partial charge in [-0.2, -0.15) is 0 Å². The maximum atomic E-state index is 13.4. The van der Waals surface area contributed by atoms with Gasteiger partial charge in [-0.3, -0.25) is 9.47 Å². The Balaban J connectivity index is 1.88. The molecule has 0 radical (unpaired) electrons. The van der Waals surface area contributed by atoms with Gasteiger partial charge < -0.3 is 0 Å². The highest BCUT2D eigenvalue weighted by Crippen LogP contribution is 2.29. The number of rotatable bonds is 7. The van der Waals surface area contributed by atoms with Crippen molar-refractivity contribution in [2.45, 2.75) is 43.6 Å². The highest BCUT2D eigenvalue weighted by Gasteiger charge is 2.21. The van der Waals surface area contributed by atoms with Gasteiger partial charge >= 0.3 is 0 Å². The van der Waals surface area contributed by atoms with Crippen LogP contribution < -0.4 is 0 Å². The highest BCUT2D eigenvalue weighted by molar-refractivity contribution is 7.98. The first-order valence-electron chi connectivity index (χ1n) is 9.46. The summed E-state index contributed by atoms with van der Waals surface area (Å²) < 4.78 is 15.4. The molecule has 0 unspecified atom stereocenters. The fourth-order valence-corrected chi connectivity index (χ4v) is 3.77. The first-order valence-corrected chi connectivity index (χ1v) is 10.4. The van der Waals surface area contributed by atoms with Crippen LogP contribution in [0, 0.1) is 5.82 Å². The van der Waals surface area contributed by atoms with Gasteiger partial charge in [0.25, 0.3) is 0 Å². The van der Waals surface area contributed by atoms with Crippen LogP contribution in [0.25, 0.3) is 5.69 Å². The van der Waals surface area contributed by atoms with Crippen LogP contribution in [0.5, 0.6) is 0 Å². The van der Waals surface area contributed by atoms with Crippen LogP contribution in [-0.2, 0) is 5.75 Å². The first kappa shape index (κ1) is 20.6. The molecule has 3 rings (SSSR count). The predicted octanol–water partition coefficient (Wildman–Crippen LogP) is 5.44. The summed E-state index contributed by atoms with van der Waals surface area (Å²) in [5.41, 5.74) is 3.45. The van der Waals surface area contributed by atoms with Crippen LogP contribution in [0.15, 0.2) is 53.7 Å². The molecule has 0 saturated carbocycles. The maximum Gasteiger partial charge on any atom is 0.196 e. The molecule has 1 atom stereocenters. The lowest BCUT2D eigenvalue weighted by molar-refractivity contribution is 0.305. The summed E-state index contributed by atoms with van der Waals surface area (Å²) >= 11 is 1.64. The molecule has 3 aromatic rings. The van der Waals surface area contributed by atoms with Crippen molar-refractivity contribution in [1.29, 1.82) is 0 Å². The SMILES string of the molecule is CC(C)c1ccc(CSc2nnc([C@@H](C)N(C)C)n2-c2ccc(F)cc2)cc1. The minimum Gasteiger partial charge on any atom is -0.300 e. The van der Waals surface area contributed by atoms with Crippen molar-refractivity contribution in [3.63, 3.8) is 0 Å². The molecular weight excluding hydrogens is 371 g/mol. The van der Waals surface area contributed by atoms with Crippen LogP contribution >= 0.6 is 11.8 Å². The molecule has 4 nitrogen and oxygen atoms in total. The van der Waals surface area contributed by atoms with Gasteiger partial charge in [-0.15, -0.1) is 10.2 Å². The van der Waals surface area contributed by atoms with E-state index in [1.165, 1.54) is 23.3 Å². The van der Waals surface area contributed by atoms with E-state index >= 15 is 0 Å². The number of nitrogens with zero attached hydrogens (tertiary/aromatic N) is 4. The average molecular weight is 399 g/mol. The molecule has 0 aliphatic rings. The lowest BCUT2D eigenvalue weighted by atomic mass is 10.0.